The van der Waals surface area contributed by atoms with Gasteiger partial charge in [0, 0.05) is 6.42 Å². The lowest BCUT2D eigenvalue weighted by Gasteiger charge is -2.08. The molecule has 0 aliphatic carbocycles. The first-order valence-electron chi connectivity index (χ1n) is 5.40. The lowest BCUT2D eigenvalue weighted by molar-refractivity contribution is 0.0526. The molecule has 0 fully saturated rings. The van der Waals surface area contributed by atoms with E-state index in [4.69, 9.17) is 4.74 Å². The zero-order valence-corrected chi connectivity index (χ0v) is 9.84. The number of ether oxygens (including phenoxy) is 1. The van der Waals surface area contributed by atoms with E-state index in [9.17, 15) is 14.8 Å². The Balaban J connectivity index is 3.03. The van der Waals surface area contributed by atoms with Crippen LogP contribution in [0.1, 0.15) is 29.8 Å². The molecule has 0 saturated carbocycles. The zero-order chi connectivity index (χ0) is 12.8. The first kappa shape index (κ1) is 13.3. The molecule has 1 unspecified atom stereocenters. The van der Waals surface area contributed by atoms with E-state index in [1.807, 2.05) is 0 Å². The van der Waals surface area contributed by atoms with Crippen LogP contribution in [-0.4, -0.2) is 23.8 Å². The van der Waals surface area contributed by atoms with Crippen molar-refractivity contribution in [3.8, 4) is 0 Å². The molecule has 1 aromatic rings. The van der Waals surface area contributed by atoms with E-state index in [0.29, 0.717) is 11.1 Å². The smallest absolute Gasteiger partial charge is 0.338 e. The minimum absolute atomic E-state index is 0.235. The third kappa shape index (κ3) is 3.64. The Morgan fingerprint density at radius 1 is 1.53 bits per heavy atom. The molecule has 1 aromatic carbocycles. The van der Waals surface area contributed by atoms with Crippen LogP contribution < -0.4 is 0 Å². The third-order valence-electron chi connectivity index (χ3n) is 2.20. The van der Waals surface area contributed by atoms with Gasteiger partial charge in [0.1, 0.15) is 5.69 Å². The fourth-order valence-corrected chi connectivity index (χ4v) is 1.50. The SMILES string of the molecule is CCOC(=O)c1ccc(N=O)c(CC(C)O)c1. The number of carbonyl (C=O) groups is 1. The van der Waals surface area contributed by atoms with Gasteiger partial charge in [0.2, 0.25) is 0 Å². The van der Waals surface area contributed by atoms with Crippen LogP contribution in [0.4, 0.5) is 5.69 Å². The maximum absolute atomic E-state index is 11.5. The predicted octanol–water partition coefficient (Wildman–Crippen LogP) is 2.18. The summed E-state index contributed by atoms with van der Waals surface area (Å²) in [6.07, 6.45) is -0.332. The summed E-state index contributed by atoms with van der Waals surface area (Å²) in [7, 11) is 0. The van der Waals surface area contributed by atoms with Crippen molar-refractivity contribution in [2.24, 2.45) is 5.18 Å². The Labute approximate surface area is 99.4 Å². The van der Waals surface area contributed by atoms with Crippen molar-refractivity contribution in [1.29, 1.82) is 0 Å². The zero-order valence-electron chi connectivity index (χ0n) is 9.84. The van der Waals surface area contributed by atoms with Crippen LogP contribution in [0.25, 0.3) is 0 Å². The number of carbonyl (C=O) groups excluding carboxylic acids is 1. The second kappa shape index (κ2) is 6.10. The number of nitrogens with zero attached hydrogens (tertiary/aromatic N) is 1. The first-order valence-corrected chi connectivity index (χ1v) is 5.40. The van der Waals surface area contributed by atoms with E-state index in [-0.39, 0.29) is 18.7 Å². The van der Waals surface area contributed by atoms with E-state index in [2.05, 4.69) is 5.18 Å². The fraction of sp³-hybridized carbons (Fsp3) is 0.417. The first-order chi connectivity index (χ1) is 8.08. The molecule has 0 aliphatic heterocycles. The van der Waals surface area contributed by atoms with Gasteiger partial charge in [-0.15, -0.1) is 4.91 Å². The van der Waals surface area contributed by atoms with Gasteiger partial charge in [0.25, 0.3) is 0 Å². The molecular weight excluding hydrogens is 222 g/mol. The summed E-state index contributed by atoms with van der Waals surface area (Å²) < 4.78 is 4.85. The molecule has 0 saturated heterocycles. The Morgan fingerprint density at radius 2 is 2.24 bits per heavy atom. The normalized spacial score (nSPS) is 11.9. The van der Waals surface area contributed by atoms with Crippen LogP contribution in [0.5, 0.6) is 0 Å². The van der Waals surface area contributed by atoms with Gasteiger partial charge in [0.15, 0.2) is 0 Å². The molecule has 0 amide bonds. The Hall–Kier alpha value is -1.75. The van der Waals surface area contributed by atoms with Gasteiger partial charge >= 0.3 is 5.97 Å². The largest absolute Gasteiger partial charge is 0.462 e. The molecule has 5 heteroatoms. The number of rotatable bonds is 5. The van der Waals surface area contributed by atoms with Crippen molar-refractivity contribution >= 4 is 11.7 Å². The van der Waals surface area contributed by atoms with Crippen molar-refractivity contribution in [3.63, 3.8) is 0 Å². The lowest BCUT2D eigenvalue weighted by atomic mass is 10.0. The van der Waals surface area contributed by atoms with E-state index in [0.717, 1.165) is 0 Å². The van der Waals surface area contributed by atoms with Crippen molar-refractivity contribution < 1.29 is 14.6 Å². The summed E-state index contributed by atoms with van der Waals surface area (Å²) in [6.45, 7) is 3.61. The summed E-state index contributed by atoms with van der Waals surface area (Å²) in [5.41, 5.74) is 1.13. The summed E-state index contributed by atoms with van der Waals surface area (Å²) in [4.78, 5) is 22.1. The summed E-state index contributed by atoms with van der Waals surface area (Å²) in [5, 5.41) is 12.2. The molecule has 0 bridgehead atoms. The number of nitroso groups, excluding NO2 is 1. The van der Waals surface area contributed by atoms with E-state index in [1.165, 1.54) is 18.2 Å². The van der Waals surface area contributed by atoms with Gasteiger partial charge in [-0.05, 0) is 42.8 Å². The topological polar surface area (TPSA) is 76.0 Å². The molecule has 1 rings (SSSR count). The van der Waals surface area contributed by atoms with Crippen LogP contribution in [0.2, 0.25) is 0 Å². The molecule has 17 heavy (non-hydrogen) atoms. The van der Waals surface area contributed by atoms with Gasteiger partial charge in [-0.25, -0.2) is 4.79 Å². The van der Waals surface area contributed by atoms with Gasteiger partial charge < -0.3 is 9.84 Å². The van der Waals surface area contributed by atoms with Crippen LogP contribution in [0, 0.1) is 4.91 Å². The maximum atomic E-state index is 11.5. The number of hydrogen-bond acceptors (Lipinski definition) is 5. The van der Waals surface area contributed by atoms with Crippen molar-refractivity contribution in [2.75, 3.05) is 6.61 Å². The van der Waals surface area contributed by atoms with Crippen LogP contribution in [0.3, 0.4) is 0 Å². The minimum atomic E-state index is -0.604. The molecule has 0 radical (unpaired) electrons. The quantitative estimate of drug-likeness (QED) is 0.629. The van der Waals surface area contributed by atoms with Crippen LogP contribution in [-0.2, 0) is 11.2 Å². The van der Waals surface area contributed by atoms with Gasteiger partial charge in [-0.2, -0.15) is 0 Å². The summed E-state index contributed by atoms with van der Waals surface area (Å²) in [6, 6.07) is 4.47. The predicted molar refractivity (Wildman–Crippen MR) is 63.2 cm³/mol. The molecule has 0 aliphatic rings. The van der Waals surface area contributed by atoms with Crippen molar-refractivity contribution in [3.05, 3.63) is 34.2 Å². The second-order valence-electron chi connectivity index (χ2n) is 3.71. The number of aliphatic hydroxyl groups excluding tert-OH is 1. The number of benzene rings is 1. The second-order valence-corrected chi connectivity index (χ2v) is 3.71. The highest BCUT2D eigenvalue weighted by Crippen LogP contribution is 2.22. The highest BCUT2D eigenvalue weighted by atomic mass is 16.5. The summed E-state index contributed by atoms with van der Waals surface area (Å²) >= 11 is 0. The Morgan fingerprint density at radius 3 is 2.76 bits per heavy atom. The van der Waals surface area contributed by atoms with Crippen LogP contribution >= 0.6 is 0 Å². The third-order valence-corrected chi connectivity index (χ3v) is 2.20. The number of esters is 1. The van der Waals surface area contributed by atoms with E-state index >= 15 is 0 Å². The molecule has 0 spiro atoms. The van der Waals surface area contributed by atoms with Gasteiger partial charge in [0.05, 0.1) is 18.3 Å². The number of hydrogen-bond donors (Lipinski definition) is 1. The van der Waals surface area contributed by atoms with Gasteiger partial charge in [-0.3, -0.25) is 0 Å². The van der Waals surface area contributed by atoms with Crippen LogP contribution in [0.15, 0.2) is 23.4 Å². The Kier molecular flexibility index (Phi) is 4.78. The maximum Gasteiger partial charge on any atom is 0.338 e. The molecule has 0 heterocycles. The average Bonchev–Trinajstić information content (AvgIpc) is 2.28. The standard InChI is InChI=1S/C12H15NO4/c1-3-17-12(15)9-4-5-11(13-16)10(7-9)6-8(2)14/h4-5,7-8,14H,3,6H2,1-2H3. The summed E-state index contributed by atoms with van der Waals surface area (Å²) in [5.74, 6) is -0.447. The van der Waals surface area contributed by atoms with E-state index < -0.39 is 12.1 Å². The highest BCUT2D eigenvalue weighted by molar-refractivity contribution is 5.90. The monoisotopic (exact) mass is 237 g/mol. The average molecular weight is 237 g/mol. The minimum Gasteiger partial charge on any atom is -0.462 e. The highest BCUT2D eigenvalue weighted by Gasteiger charge is 2.12. The lowest BCUT2D eigenvalue weighted by Crippen LogP contribution is -2.08. The molecule has 0 aromatic heterocycles. The van der Waals surface area contributed by atoms with Crippen molar-refractivity contribution in [2.45, 2.75) is 26.4 Å². The fourth-order valence-electron chi connectivity index (χ4n) is 1.50. The van der Waals surface area contributed by atoms with E-state index in [1.54, 1.807) is 13.8 Å². The molecule has 1 N–H and O–H groups in total. The van der Waals surface area contributed by atoms with Crippen molar-refractivity contribution in [1.82, 2.24) is 0 Å². The molecule has 92 valence electrons. The molecule has 1 atom stereocenters. The molecular formula is C12H15NO4. The Bertz CT molecular complexity index is 415. The number of aliphatic hydroxyl groups is 1. The molecule has 5 nitrogen and oxygen atoms in total. The van der Waals surface area contributed by atoms with Gasteiger partial charge in [-0.1, -0.05) is 0 Å².